The molecule has 0 N–H and O–H groups in total. The van der Waals surface area contributed by atoms with Gasteiger partial charge in [-0.05, 0) is 13.8 Å². The van der Waals surface area contributed by atoms with Gasteiger partial charge in [-0.15, -0.1) is 0 Å². The van der Waals surface area contributed by atoms with Gasteiger partial charge < -0.3 is 0 Å². The maximum Gasteiger partial charge on any atom is 0.154 e. The van der Waals surface area contributed by atoms with Crippen LogP contribution in [0.3, 0.4) is 0 Å². The zero-order valence-corrected chi connectivity index (χ0v) is 9.62. The van der Waals surface area contributed by atoms with Crippen molar-refractivity contribution in [2.24, 2.45) is 0 Å². The molecule has 15 heavy (non-hydrogen) atoms. The van der Waals surface area contributed by atoms with Crippen molar-refractivity contribution in [3.8, 4) is 11.3 Å². The van der Waals surface area contributed by atoms with E-state index in [9.17, 15) is 0 Å². The summed E-state index contributed by atoms with van der Waals surface area (Å²) >= 11 is 6.03. The first-order valence-corrected chi connectivity index (χ1v) is 5.40. The highest BCUT2D eigenvalue weighted by atomic mass is 35.5. The Balaban J connectivity index is 2.61. The van der Waals surface area contributed by atoms with Crippen LogP contribution in [-0.2, 0) is 6.54 Å². The van der Waals surface area contributed by atoms with Gasteiger partial charge in [0.1, 0.15) is 0 Å². The Bertz CT molecular complexity index is 460. The molecule has 1 heterocycles. The number of nitrogens with zero attached hydrogens (tertiary/aromatic N) is 2. The van der Waals surface area contributed by atoms with Crippen molar-refractivity contribution in [3.05, 3.63) is 41.0 Å². The Morgan fingerprint density at radius 3 is 2.53 bits per heavy atom. The third kappa shape index (κ3) is 1.77. The quantitative estimate of drug-likeness (QED) is 0.757. The number of halogens is 1. The van der Waals surface area contributed by atoms with Crippen molar-refractivity contribution in [1.82, 2.24) is 9.78 Å². The minimum Gasteiger partial charge on any atom is -0.263 e. The van der Waals surface area contributed by atoms with Crippen LogP contribution in [0.15, 0.2) is 30.3 Å². The summed E-state index contributed by atoms with van der Waals surface area (Å²) in [5.74, 6) is 0. The molecule has 0 fully saturated rings. The highest BCUT2D eigenvalue weighted by Crippen LogP contribution is 2.27. The van der Waals surface area contributed by atoms with Gasteiger partial charge >= 0.3 is 0 Å². The van der Waals surface area contributed by atoms with Crippen LogP contribution in [0.4, 0.5) is 0 Å². The summed E-state index contributed by atoms with van der Waals surface area (Å²) in [5.41, 5.74) is 3.32. The van der Waals surface area contributed by atoms with E-state index in [1.807, 2.05) is 29.8 Å². The van der Waals surface area contributed by atoms with Gasteiger partial charge in [-0.3, -0.25) is 4.68 Å². The van der Waals surface area contributed by atoms with Crippen molar-refractivity contribution in [2.75, 3.05) is 0 Å². The first-order chi connectivity index (χ1) is 7.24. The maximum absolute atomic E-state index is 6.03. The third-order valence-corrected chi connectivity index (χ3v) is 2.84. The summed E-state index contributed by atoms with van der Waals surface area (Å²) in [6.07, 6.45) is 0. The van der Waals surface area contributed by atoms with Gasteiger partial charge in [-0.25, -0.2) is 0 Å². The van der Waals surface area contributed by atoms with Crippen LogP contribution in [0.1, 0.15) is 12.5 Å². The summed E-state index contributed by atoms with van der Waals surface area (Å²) < 4.78 is 1.94. The lowest BCUT2D eigenvalue weighted by molar-refractivity contribution is 0.667. The Hall–Kier alpha value is -1.28. The van der Waals surface area contributed by atoms with Crippen LogP contribution >= 0.6 is 11.6 Å². The lowest BCUT2D eigenvalue weighted by Gasteiger charge is -2.05. The maximum atomic E-state index is 6.03. The standard InChI is InChI=1S/C12H13ClN2/c1-3-15-11(9(2)12(13)14-15)10-7-5-4-6-8-10/h4-8H,3H2,1-2H3. The zero-order valence-electron chi connectivity index (χ0n) is 8.87. The average molecular weight is 221 g/mol. The third-order valence-electron chi connectivity index (χ3n) is 2.48. The van der Waals surface area contributed by atoms with Crippen LogP contribution in [-0.4, -0.2) is 9.78 Å². The molecule has 2 nitrogen and oxygen atoms in total. The van der Waals surface area contributed by atoms with Gasteiger partial charge in [0.05, 0.1) is 5.69 Å². The van der Waals surface area contributed by atoms with Crippen molar-refractivity contribution in [1.29, 1.82) is 0 Å². The Morgan fingerprint density at radius 2 is 1.93 bits per heavy atom. The van der Waals surface area contributed by atoms with Crippen molar-refractivity contribution in [2.45, 2.75) is 20.4 Å². The molecular formula is C12H13ClN2. The van der Waals surface area contributed by atoms with E-state index in [-0.39, 0.29) is 0 Å². The molecule has 1 aromatic heterocycles. The van der Waals surface area contributed by atoms with E-state index in [1.54, 1.807) is 0 Å². The number of benzene rings is 1. The van der Waals surface area contributed by atoms with E-state index in [0.29, 0.717) is 5.15 Å². The number of aromatic nitrogens is 2. The molecule has 0 atom stereocenters. The minimum atomic E-state index is 0.593. The molecule has 2 aromatic rings. The first-order valence-electron chi connectivity index (χ1n) is 5.02. The monoisotopic (exact) mass is 220 g/mol. The van der Waals surface area contributed by atoms with Crippen molar-refractivity contribution >= 4 is 11.6 Å². The van der Waals surface area contributed by atoms with Gasteiger partial charge in [0.15, 0.2) is 5.15 Å². The minimum absolute atomic E-state index is 0.593. The molecular weight excluding hydrogens is 208 g/mol. The molecule has 0 aliphatic carbocycles. The van der Waals surface area contributed by atoms with Crippen molar-refractivity contribution in [3.63, 3.8) is 0 Å². The predicted molar refractivity (Wildman–Crippen MR) is 63.1 cm³/mol. The molecule has 0 spiro atoms. The molecule has 0 aliphatic heterocycles. The van der Waals surface area contributed by atoms with Crippen LogP contribution in [0.5, 0.6) is 0 Å². The number of aryl methyl sites for hydroxylation is 1. The fourth-order valence-electron chi connectivity index (χ4n) is 1.71. The summed E-state index contributed by atoms with van der Waals surface area (Å²) in [7, 11) is 0. The van der Waals surface area contributed by atoms with Gasteiger partial charge in [-0.2, -0.15) is 5.10 Å². The van der Waals surface area contributed by atoms with Crippen molar-refractivity contribution < 1.29 is 0 Å². The molecule has 0 unspecified atom stereocenters. The number of rotatable bonds is 2. The molecule has 2 rings (SSSR count). The fourth-order valence-corrected chi connectivity index (χ4v) is 1.89. The molecule has 0 amide bonds. The zero-order chi connectivity index (χ0) is 10.8. The largest absolute Gasteiger partial charge is 0.263 e. The van der Waals surface area contributed by atoms with E-state index in [0.717, 1.165) is 23.4 Å². The Morgan fingerprint density at radius 1 is 1.27 bits per heavy atom. The highest BCUT2D eigenvalue weighted by Gasteiger charge is 2.12. The van der Waals surface area contributed by atoms with E-state index < -0.39 is 0 Å². The van der Waals surface area contributed by atoms with Crippen LogP contribution in [0.25, 0.3) is 11.3 Å². The van der Waals surface area contributed by atoms with E-state index in [1.165, 1.54) is 0 Å². The SMILES string of the molecule is CCn1nc(Cl)c(C)c1-c1ccccc1. The molecule has 0 bridgehead atoms. The average Bonchev–Trinajstić information content (AvgIpc) is 2.56. The van der Waals surface area contributed by atoms with E-state index in [4.69, 9.17) is 11.6 Å². The van der Waals surface area contributed by atoms with E-state index in [2.05, 4.69) is 24.2 Å². The Kier molecular flexibility index (Phi) is 2.78. The van der Waals surface area contributed by atoms with E-state index >= 15 is 0 Å². The highest BCUT2D eigenvalue weighted by molar-refractivity contribution is 6.30. The Labute approximate surface area is 94.5 Å². The first kappa shape index (κ1) is 10.2. The van der Waals surface area contributed by atoms with Gasteiger partial charge in [-0.1, -0.05) is 41.9 Å². The second-order valence-electron chi connectivity index (χ2n) is 3.45. The summed E-state index contributed by atoms with van der Waals surface area (Å²) in [5, 5.41) is 4.88. The lowest BCUT2D eigenvalue weighted by atomic mass is 10.1. The molecule has 0 saturated carbocycles. The molecule has 0 aliphatic rings. The molecule has 3 heteroatoms. The number of hydrogen-bond donors (Lipinski definition) is 0. The fraction of sp³-hybridized carbons (Fsp3) is 0.250. The molecule has 78 valence electrons. The smallest absolute Gasteiger partial charge is 0.154 e. The summed E-state index contributed by atoms with van der Waals surface area (Å²) in [6, 6.07) is 10.2. The number of hydrogen-bond acceptors (Lipinski definition) is 1. The van der Waals surface area contributed by atoms with Crippen LogP contribution in [0, 0.1) is 6.92 Å². The second kappa shape index (κ2) is 4.07. The molecule has 0 saturated heterocycles. The second-order valence-corrected chi connectivity index (χ2v) is 3.80. The van der Waals surface area contributed by atoms with Gasteiger partial charge in [0.2, 0.25) is 0 Å². The van der Waals surface area contributed by atoms with Gasteiger partial charge in [0.25, 0.3) is 0 Å². The van der Waals surface area contributed by atoms with Crippen LogP contribution in [0.2, 0.25) is 5.15 Å². The topological polar surface area (TPSA) is 17.8 Å². The lowest BCUT2D eigenvalue weighted by Crippen LogP contribution is -1.99. The molecule has 1 aromatic carbocycles. The summed E-state index contributed by atoms with van der Waals surface area (Å²) in [4.78, 5) is 0. The normalized spacial score (nSPS) is 10.6. The van der Waals surface area contributed by atoms with Crippen LogP contribution < -0.4 is 0 Å². The van der Waals surface area contributed by atoms with Gasteiger partial charge in [0, 0.05) is 17.7 Å². The summed E-state index contributed by atoms with van der Waals surface area (Å²) in [6.45, 7) is 4.90. The predicted octanol–water partition coefficient (Wildman–Crippen LogP) is 3.53. The molecule has 0 radical (unpaired) electrons.